The molecule has 0 saturated carbocycles. The lowest BCUT2D eigenvalue weighted by Gasteiger charge is -2.33. The summed E-state index contributed by atoms with van der Waals surface area (Å²) in [5.41, 5.74) is 4.60. The van der Waals surface area contributed by atoms with E-state index in [4.69, 9.17) is 4.74 Å². The lowest BCUT2D eigenvalue weighted by atomic mass is 9.98. The van der Waals surface area contributed by atoms with E-state index >= 15 is 0 Å². The van der Waals surface area contributed by atoms with Crippen LogP contribution in [0.4, 0.5) is 9.59 Å². The van der Waals surface area contributed by atoms with Crippen LogP contribution in [0.2, 0.25) is 0 Å². The van der Waals surface area contributed by atoms with E-state index in [1.165, 1.54) is 11.3 Å². The Kier molecular flexibility index (Phi) is 14.5. The molecular weight excluding hydrogens is 669 g/mol. The van der Waals surface area contributed by atoms with Crippen LogP contribution in [0.5, 0.6) is 0 Å². The van der Waals surface area contributed by atoms with Gasteiger partial charge in [-0.1, -0.05) is 101 Å². The van der Waals surface area contributed by atoms with E-state index in [-0.39, 0.29) is 30.5 Å². The topological polar surface area (TPSA) is 117 Å². The fourth-order valence-corrected chi connectivity index (χ4v) is 6.58. The number of urea groups is 1. The monoisotopic (exact) mass is 716 g/mol. The third-order valence-electron chi connectivity index (χ3n) is 8.15. The zero-order valence-corrected chi connectivity index (χ0v) is 31.2. The summed E-state index contributed by atoms with van der Waals surface area (Å²) in [6, 6.07) is 17.9. The summed E-state index contributed by atoms with van der Waals surface area (Å²) in [4.78, 5) is 53.2. The second kappa shape index (κ2) is 19.0. The van der Waals surface area contributed by atoms with Crippen molar-refractivity contribution >= 4 is 40.7 Å². The minimum absolute atomic E-state index is 0.131. The Morgan fingerprint density at radius 1 is 0.880 bits per heavy atom. The van der Waals surface area contributed by atoms with Gasteiger partial charge in [-0.2, -0.15) is 0 Å². The number of aromatic nitrogens is 2. The van der Waals surface area contributed by atoms with Crippen LogP contribution < -0.4 is 10.6 Å². The molecule has 3 unspecified atom stereocenters. The van der Waals surface area contributed by atoms with Gasteiger partial charge in [0.05, 0.1) is 39.7 Å². The quantitative estimate of drug-likeness (QED) is 0.120. The van der Waals surface area contributed by atoms with E-state index in [0.29, 0.717) is 25.3 Å². The second-order valence-electron chi connectivity index (χ2n) is 12.9. The molecule has 2 N–H and O–H groups in total. The van der Waals surface area contributed by atoms with Gasteiger partial charge < -0.3 is 25.2 Å². The van der Waals surface area contributed by atoms with Crippen LogP contribution in [0, 0.1) is 5.92 Å². The van der Waals surface area contributed by atoms with Gasteiger partial charge in [0.2, 0.25) is 5.91 Å². The van der Waals surface area contributed by atoms with Crippen molar-refractivity contribution in [3.05, 3.63) is 117 Å². The summed E-state index contributed by atoms with van der Waals surface area (Å²) in [5, 5.41) is 8.97. The molecule has 4 amide bonds. The summed E-state index contributed by atoms with van der Waals surface area (Å²) in [6.45, 7) is 8.50. The van der Waals surface area contributed by atoms with Crippen molar-refractivity contribution in [1.29, 1.82) is 0 Å². The van der Waals surface area contributed by atoms with Crippen molar-refractivity contribution in [3.63, 3.8) is 0 Å². The summed E-state index contributed by atoms with van der Waals surface area (Å²) >= 11 is 3.01. The normalized spacial score (nSPS) is 13.2. The number of hydrogen-bond acceptors (Lipinski definition) is 8. The van der Waals surface area contributed by atoms with E-state index in [2.05, 4.69) is 34.4 Å². The summed E-state index contributed by atoms with van der Waals surface area (Å²) < 4.78 is 5.48. The standard InChI is InChI=1S/C38H48N6O4S2/c1-26(2)34(42-37(46)43(5)22-31-24-49-35(40-31)27(3)4)36(45)44(6)32(20-29-15-11-8-12-16-29)18-17-30(19-28-13-9-7-10-14-28)41-38(47)48-23-33-21-39-25-50-33/h7-18,21,24-27,30,32,34H,19-20,22-23H2,1-6H3,(H,41,47)(H,42,46)/b18-17+. The Bertz CT molecular complexity index is 1660. The molecule has 2 aromatic carbocycles. The van der Waals surface area contributed by atoms with Crippen LogP contribution in [0.25, 0.3) is 0 Å². The van der Waals surface area contributed by atoms with Crippen LogP contribution in [-0.2, 0) is 35.5 Å². The van der Waals surface area contributed by atoms with Crippen LogP contribution in [0.3, 0.4) is 0 Å². The predicted molar refractivity (Wildman–Crippen MR) is 200 cm³/mol. The smallest absolute Gasteiger partial charge is 0.407 e. The molecule has 4 aromatic rings. The van der Waals surface area contributed by atoms with Crippen molar-refractivity contribution < 1.29 is 19.1 Å². The number of benzene rings is 2. The second-order valence-corrected chi connectivity index (χ2v) is 14.8. The molecule has 0 spiro atoms. The van der Waals surface area contributed by atoms with Gasteiger partial charge in [0.25, 0.3) is 0 Å². The van der Waals surface area contributed by atoms with Gasteiger partial charge in [-0.3, -0.25) is 9.78 Å². The van der Waals surface area contributed by atoms with Gasteiger partial charge in [-0.15, -0.1) is 22.7 Å². The fraction of sp³-hybridized carbons (Fsp3) is 0.395. The van der Waals surface area contributed by atoms with Crippen molar-refractivity contribution in [2.24, 2.45) is 5.92 Å². The highest BCUT2D eigenvalue weighted by atomic mass is 32.1. The summed E-state index contributed by atoms with van der Waals surface area (Å²) in [7, 11) is 3.47. The highest BCUT2D eigenvalue weighted by molar-refractivity contribution is 7.09. The number of amides is 4. The SMILES string of the molecule is CC(C)c1nc(CN(C)C(=O)NC(C(=O)N(C)C(/C=C/C(Cc2ccccc2)NC(=O)OCc2cncs2)Cc2ccccc2)C(C)C)cs1. The Morgan fingerprint density at radius 3 is 2.12 bits per heavy atom. The fourth-order valence-electron chi connectivity index (χ4n) is 5.25. The molecule has 0 aliphatic heterocycles. The molecule has 0 radical (unpaired) electrons. The van der Waals surface area contributed by atoms with E-state index < -0.39 is 18.2 Å². The molecule has 0 fully saturated rings. The number of rotatable bonds is 16. The van der Waals surface area contributed by atoms with Gasteiger partial charge in [-0.25, -0.2) is 14.6 Å². The molecule has 50 heavy (non-hydrogen) atoms. The molecule has 3 atom stereocenters. The Labute approximate surface area is 303 Å². The van der Waals surface area contributed by atoms with Crippen molar-refractivity contribution in [3.8, 4) is 0 Å². The highest BCUT2D eigenvalue weighted by Crippen LogP contribution is 2.20. The lowest BCUT2D eigenvalue weighted by Crippen LogP contribution is -2.55. The Hall–Kier alpha value is -4.55. The first-order chi connectivity index (χ1) is 24.0. The zero-order chi connectivity index (χ0) is 36.0. The van der Waals surface area contributed by atoms with Crippen LogP contribution >= 0.6 is 22.7 Å². The van der Waals surface area contributed by atoms with Crippen LogP contribution in [0.1, 0.15) is 60.3 Å². The number of thiazole rings is 2. The number of nitrogens with one attached hydrogen (secondary N) is 2. The maximum absolute atomic E-state index is 14.2. The molecule has 0 aliphatic rings. The molecule has 12 heteroatoms. The van der Waals surface area contributed by atoms with Crippen molar-refractivity contribution in [2.45, 2.75) is 77.7 Å². The van der Waals surface area contributed by atoms with Gasteiger partial charge in [-0.05, 0) is 29.9 Å². The maximum Gasteiger partial charge on any atom is 0.407 e. The van der Waals surface area contributed by atoms with Crippen LogP contribution in [0.15, 0.2) is 89.9 Å². The Balaban J connectivity index is 1.51. The first-order valence-corrected chi connectivity index (χ1v) is 18.6. The number of likely N-dealkylation sites (N-methyl/N-ethyl adjacent to an activating group) is 1. The summed E-state index contributed by atoms with van der Waals surface area (Å²) in [5.74, 6) is -0.0625. The molecule has 266 valence electrons. The number of hydrogen-bond donors (Lipinski definition) is 2. The van der Waals surface area contributed by atoms with Crippen LogP contribution in [-0.4, -0.2) is 70.0 Å². The Morgan fingerprint density at radius 2 is 1.54 bits per heavy atom. The summed E-state index contributed by atoms with van der Waals surface area (Å²) in [6.07, 6.45) is 6.08. The average Bonchev–Trinajstić information content (AvgIpc) is 3.81. The number of ether oxygens (including phenoxy) is 1. The molecule has 2 aromatic heterocycles. The number of alkyl carbamates (subject to hydrolysis) is 1. The van der Waals surface area contributed by atoms with E-state index in [0.717, 1.165) is 26.7 Å². The molecule has 0 aliphatic carbocycles. The van der Waals surface area contributed by atoms with E-state index in [1.54, 1.807) is 46.9 Å². The van der Waals surface area contributed by atoms with Crippen molar-refractivity contribution in [1.82, 2.24) is 30.4 Å². The lowest BCUT2D eigenvalue weighted by molar-refractivity contribution is -0.134. The number of nitrogens with zero attached hydrogens (tertiary/aromatic N) is 4. The molecule has 10 nitrogen and oxygen atoms in total. The zero-order valence-electron chi connectivity index (χ0n) is 29.6. The highest BCUT2D eigenvalue weighted by Gasteiger charge is 2.31. The minimum atomic E-state index is -0.761. The first kappa shape index (κ1) is 38.3. The largest absolute Gasteiger partial charge is 0.444 e. The van der Waals surface area contributed by atoms with Gasteiger partial charge in [0, 0.05) is 31.6 Å². The number of carbonyl (C=O) groups excluding carboxylic acids is 3. The first-order valence-electron chi connectivity index (χ1n) is 16.8. The van der Waals surface area contributed by atoms with Gasteiger partial charge >= 0.3 is 12.1 Å². The molecule has 0 saturated heterocycles. The average molecular weight is 717 g/mol. The predicted octanol–water partition coefficient (Wildman–Crippen LogP) is 7.05. The van der Waals surface area contributed by atoms with Gasteiger partial charge in [0.15, 0.2) is 0 Å². The molecular formula is C38H48N6O4S2. The maximum atomic E-state index is 14.2. The molecule has 4 rings (SSSR count). The molecule has 2 heterocycles. The third kappa shape index (κ3) is 11.8. The third-order valence-corrected chi connectivity index (χ3v) is 10.1. The molecule has 0 bridgehead atoms. The number of carbonyl (C=O) groups is 3. The van der Waals surface area contributed by atoms with Gasteiger partial charge in [0.1, 0.15) is 12.6 Å². The van der Waals surface area contributed by atoms with E-state index in [9.17, 15) is 14.4 Å². The van der Waals surface area contributed by atoms with Crippen molar-refractivity contribution in [2.75, 3.05) is 14.1 Å². The minimum Gasteiger partial charge on any atom is -0.444 e. The van der Waals surface area contributed by atoms with E-state index in [1.807, 2.05) is 92.0 Å².